The Morgan fingerprint density at radius 3 is 2.92 bits per heavy atom. The quantitative estimate of drug-likeness (QED) is 0.657. The zero-order chi connectivity index (χ0) is 18.1. The van der Waals surface area contributed by atoms with Crippen LogP contribution in [0.15, 0.2) is 29.6 Å². The molecule has 1 unspecified atom stereocenters. The Labute approximate surface area is 153 Å². The number of carbonyl (C=O) groups is 1. The molecule has 0 fully saturated rings. The van der Waals surface area contributed by atoms with Gasteiger partial charge < -0.3 is 14.8 Å². The van der Waals surface area contributed by atoms with E-state index < -0.39 is 6.10 Å². The molecule has 1 aromatic heterocycles. The molecule has 1 N–H and O–H groups in total. The average Bonchev–Trinajstić information content (AvgIpc) is 3.04. The van der Waals surface area contributed by atoms with Gasteiger partial charge in [-0.25, -0.2) is 4.98 Å². The number of methoxy groups -OCH3 is 1. The van der Waals surface area contributed by atoms with Gasteiger partial charge in [0.15, 0.2) is 0 Å². The van der Waals surface area contributed by atoms with Crippen molar-refractivity contribution in [1.82, 2.24) is 10.3 Å². The molecule has 1 aromatic carbocycles. The van der Waals surface area contributed by atoms with E-state index in [1.54, 1.807) is 25.4 Å². The number of hydrogen-bond acceptors (Lipinski definition) is 5. The Hall–Kier alpha value is -1.92. The summed E-state index contributed by atoms with van der Waals surface area (Å²) in [5.74, 6) is 0.710. The third kappa shape index (κ3) is 6.84. The standard InChI is InChI=1S/C19H26N2O3S/c1-14-13-25-18(21-14)9-4-5-10-20-19(22)15(2)24-12-16-7-6-8-17(11-16)23-3/h6-8,11,13,15H,4-5,9-10,12H2,1-3H3,(H,20,22). The van der Waals surface area contributed by atoms with Crippen LogP contribution in [0.1, 0.15) is 36.0 Å². The number of benzene rings is 1. The summed E-state index contributed by atoms with van der Waals surface area (Å²) < 4.78 is 10.8. The van der Waals surface area contributed by atoms with Crippen molar-refractivity contribution in [2.24, 2.45) is 0 Å². The average molecular weight is 362 g/mol. The molecule has 2 rings (SSSR count). The highest BCUT2D eigenvalue weighted by atomic mass is 32.1. The van der Waals surface area contributed by atoms with Gasteiger partial charge in [-0.3, -0.25) is 4.79 Å². The molecule has 6 heteroatoms. The van der Waals surface area contributed by atoms with Crippen molar-refractivity contribution in [1.29, 1.82) is 0 Å². The number of thiazole rings is 1. The Kier molecular flexibility index (Phi) is 7.88. The molecule has 0 saturated carbocycles. The SMILES string of the molecule is COc1cccc(COC(C)C(=O)NCCCCc2nc(C)cs2)c1. The Morgan fingerprint density at radius 1 is 1.36 bits per heavy atom. The summed E-state index contributed by atoms with van der Waals surface area (Å²) in [7, 11) is 1.63. The molecule has 0 radical (unpaired) electrons. The van der Waals surface area contributed by atoms with Crippen molar-refractivity contribution in [2.75, 3.05) is 13.7 Å². The second kappa shape index (κ2) is 10.2. The molecule has 0 saturated heterocycles. The van der Waals surface area contributed by atoms with Gasteiger partial charge >= 0.3 is 0 Å². The lowest BCUT2D eigenvalue weighted by molar-refractivity contribution is -0.132. The van der Waals surface area contributed by atoms with Crippen LogP contribution < -0.4 is 10.1 Å². The van der Waals surface area contributed by atoms with Gasteiger partial charge in [0.2, 0.25) is 5.91 Å². The second-order valence-electron chi connectivity index (χ2n) is 5.94. The first-order valence-electron chi connectivity index (χ1n) is 8.51. The summed E-state index contributed by atoms with van der Waals surface area (Å²) in [5.41, 5.74) is 2.06. The van der Waals surface area contributed by atoms with E-state index in [1.165, 1.54) is 5.01 Å². The molecule has 1 amide bonds. The van der Waals surface area contributed by atoms with Crippen LogP contribution in [0.25, 0.3) is 0 Å². The summed E-state index contributed by atoms with van der Waals surface area (Å²) in [6.45, 7) is 4.83. The Bertz CT molecular complexity index is 672. The van der Waals surface area contributed by atoms with Gasteiger partial charge in [-0.2, -0.15) is 0 Å². The van der Waals surface area contributed by atoms with Crippen molar-refractivity contribution >= 4 is 17.2 Å². The number of amides is 1. The van der Waals surface area contributed by atoms with Crippen LogP contribution in [0.2, 0.25) is 0 Å². The summed E-state index contributed by atoms with van der Waals surface area (Å²) in [6, 6.07) is 7.65. The molecular formula is C19H26N2O3S. The van der Waals surface area contributed by atoms with Crippen LogP contribution in [-0.2, 0) is 22.6 Å². The van der Waals surface area contributed by atoms with E-state index in [4.69, 9.17) is 9.47 Å². The lowest BCUT2D eigenvalue weighted by Crippen LogP contribution is -2.35. The maximum atomic E-state index is 12.1. The Balaban J connectivity index is 1.61. The minimum atomic E-state index is -0.479. The summed E-state index contributed by atoms with van der Waals surface area (Å²) in [5, 5.41) is 6.16. The van der Waals surface area contributed by atoms with E-state index in [0.717, 1.165) is 36.3 Å². The van der Waals surface area contributed by atoms with Gasteiger partial charge in [0, 0.05) is 17.6 Å². The van der Waals surface area contributed by atoms with E-state index >= 15 is 0 Å². The third-order valence-electron chi connectivity index (χ3n) is 3.79. The second-order valence-corrected chi connectivity index (χ2v) is 6.88. The van der Waals surface area contributed by atoms with Crippen molar-refractivity contribution in [2.45, 2.75) is 45.8 Å². The molecule has 136 valence electrons. The predicted molar refractivity (Wildman–Crippen MR) is 100 cm³/mol. The molecule has 25 heavy (non-hydrogen) atoms. The maximum Gasteiger partial charge on any atom is 0.248 e. The lowest BCUT2D eigenvalue weighted by Gasteiger charge is -2.13. The number of hydrogen-bond donors (Lipinski definition) is 1. The van der Waals surface area contributed by atoms with E-state index in [2.05, 4.69) is 15.7 Å². The zero-order valence-electron chi connectivity index (χ0n) is 15.1. The molecule has 0 aliphatic heterocycles. The van der Waals surface area contributed by atoms with Gasteiger partial charge in [-0.1, -0.05) is 12.1 Å². The van der Waals surface area contributed by atoms with Crippen LogP contribution >= 0.6 is 11.3 Å². The number of unbranched alkanes of at least 4 members (excludes halogenated alkanes) is 1. The minimum Gasteiger partial charge on any atom is -0.497 e. The number of aromatic nitrogens is 1. The number of carbonyl (C=O) groups excluding carboxylic acids is 1. The number of aryl methyl sites for hydroxylation is 2. The molecule has 0 aliphatic carbocycles. The first-order valence-corrected chi connectivity index (χ1v) is 9.39. The molecule has 0 bridgehead atoms. The van der Waals surface area contributed by atoms with Gasteiger partial charge in [-0.05, 0) is 50.8 Å². The van der Waals surface area contributed by atoms with E-state index in [0.29, 0.717) is 13.2 Å². The fraction of sp³-hybridized carbons (Fsp3) is 0.474. The fourth-order valence-corrected chi connectivity index (χ4v) is 3.15. The van der Waals surface area contributed by atoms with Gasteiger partial charge in [-0.15, -0.1) is 11.3 Å². The zero-order valence-corrected chi connectivity index (χ0v) is 15.9. The number of nitrogens with zero attached hydrogens (tertiary/aromatic N) is 1. The van der Waals surface area contributed by atoms with Crippen LogP contribution in [0.4, 0.5) is 0 Å². The summed E-state index contributed by atoms with van der Waals surface area (Å²) >= 11 is 1.70. The number of nitrogens with one attached hydrogen (secondary N) is 1. The molecular weight excluding hydrogens is 336 g/mol. The summed E-state index contributed by atoms with van der Waals surface area (Å²) in [6.07, 6.45) is 2.45. The summed E-state index contributed by atoms with van der Waals surface area (Å²) in [4.78, 5) is 16.5. The fourth-order valence-electron chi connectivity index (χ4n) is 2.33. The topological polar surface area (TPSA) is 60.5 Å². The van der Waals surface area contributed by atoms with Crippen molar-refractivity contribution < 1.29 is 14.3 Å². The number of rotatable bonds is 10. The van der Waals surface area contributed by atoms with Crippen molar-refractivity contribution in [3.63, 3.8) is 0 Å². The number of ether oxygens (including phenoxy) is 2. The third-order valence-corrected chi connectivity index (χ3v) is 4.81. The van der Waals surface area contributed by atoms with E-state index in [1.807, 2.05) is 31.2 Å². The molecule has 0 spiro atoms. The minimum absolute atomic E-state index is 0.0759. The molecule has 0 aliphatic rings. The van der Waals surface area contributed by atoms with Crippen molar-refractivity contribution in [3.05, 3.63) is 45.9 Å². The van der Waals surface area contributed by atoms with Crippen LogP contribution in [0.5, 0.6) is 5.75 Å². The first-order chi connectivity index (χ1) is 12.1. The first kappa shape index (κ1) is 19.4. The van der Waals surface area contributed by atoms with Gasteiger partial charge in [0.25, 0.3) is 0 Å². The normalized spacial score (nSPS) is 12.0. The Morgan fingerprint density at radius 2 is 2.20 bits per heavy atom. The van der Waals surface area contributed by atoms with E-state index in [9.17, 15) is 4.79 Å². The highest BCUT2D eigenvalue weighted by molar-refractivity contribution is 7.09. The highest BCUT2D eigenvalue weighted by Gasteiger charge is 2.12. The monoisotopic (exact) mass is 362 g/mol. The smallest absolute Gasteiger partial charge is 0.248 e. The van der Waals surface area contributed by atoms with Crippen LogP contribution in [0.3, 0.4) is 0 Å². The van der Waals surface area contributed by atoms with Crippen molar-refractivity contribution in [3.8, 4) is 5.75 Å². The molecule has 5 nitrogen and oxygen atoms in total. The van der Waals surface area contributed by atoms with E-state index in [-0.39, 0.29) is 5.91 Å². The maximum absolute atomic E-state index is 12.1. The molecule has 1 atom stereocenters. The largest absolute Gasteiger partial charge is 0.497 e. The van der Waals surface area contributed by atoms with Crippen LogP contribution in [0, 0.1) is 6.92 Å². The highest BCUT2D eigenvalue weighted by Crippen LogP contribution is 2.14. The lowest BCUT2D eigenvalue weighted by atomic mass is 10.2. The van der Waals surface area contributed by atoms with Gasteiger partial charge in [0.1, 0.15) is 11.9 Å². The van der Waals surface area contributed by atoms with Crippen LogP contribution in [-0.4, -0.2) is 30.6 Å². The van der Waals surface area contributed by atoms with Gasteiger partial charge in [0.05, 0.1) is 18.7 Å². The predicted octanol–water partition coefficient (Wildman–Crippen LogP) is 3.50. The molecule has 2 aromatic rings. The molecule has 1 heterocycles.